The van der Waals surface area contributed by atoms with Crippen molar-refractivity contribution in [1.82, 2.24) is 0 Å². The lowest BCUT2D eigenvalue weighted by atomic mass is 10.1. The normalized spacial score (nSPS) is 13.1. The second kappa shape index (κ2) is 6.53. The van der Waals surface area contributed by atoms with Crippen molar-refractivity contribution in [2.24, 2.45) is 0 Å². The zero-order valence-corrected chi connectivity index (χ0v) is 13.2. The zero-order chi connectivity index (χ0) is 16.4. The Balaban J connectivity index is 1.82. The molecule has 3 rings (SSSR count). The van der Waals surface area contributed by atoms with Gasteiger partial charge in [-0.2, -0.15) is 0 Å². The third-order valence-electron chi connectivity index (χ3n) is 3.12. The average molecular weight is 356 g/mol. The maximum atomic E-state index is 11.9. The summed E-state index contributed by atoms with van der Waals surface area (Å²) in [6.07, 6.45) is 0. The van der Waals surface area contributed by atoms with E-state index in [4.69, 9.17) is 25.8 Å². The monoisotopic (exact) mass is 355 g/mol. The lowest BCUT2D eigenvalue weighted by Crippen LogP contribution is -2.14. The highest BCUT2D eigenvalue weighted by Gasteiger charge is 2.22. The number of hydrogen-bond donors (Lipinski definition) is 0. The molecule has 7 nitrogen and oxygen atoms in total. The summed E-state index contributed by atoms with van der Waals surface area (Å²) >= 11 is 6.87. The molecule has 120 valence electrons. The lowest BCUT2D eigenvalue weighted by Gasteiger charge is -2.20. The van der Waals surface area contributed by atoms with E-state index in [0.29, 0.717) is 26.1 Å². The van der Waals surface area contributed by atoms with Crippen LogP contribution in [0.3, 0.4) is 0 Å². The van der Waals surface area contributed by atoms with E-state index in [-0.39, 0.29) is 25.7 Å². The van der Waals surface area contributed by atoms with Crippen LogP contribution in [0.15, 0.2) is 24.3 Å². The SMILES string of the molecule is O=C(OCc1cc([N+](=O)[O-])cc2c1OCOC2)c1ccc(Cl)s1. The molecule has 0 saturated carbocycles. The van der Waals surface area contributed by atoms with Crippen molar-refractivity contribution >= 4 is 34.6 Å². The number of carbonyl (C=O) groups is 1. The van der Waals surface area contributed by atoms with Crippen molar-refractivity contribution in [2.75, 3.05) is 6.79 Å². The number of halogens is 1. The second-order valence-corrected chi connectivity index (χ2v) is 6.36. The fourth-order valence-corrected chi connectivity index (χ4v) is 3.07. The summed E-state index contributed by atoms with van der Waals surface area (Å²) in [5.41, 5.74) is 0.868. The van der Waals surface area contributed by atoms with Crippen LogP contribution < -0.4 is 4.74 Å². The predicted molar refractivity (Wildman–Crippen MR) is 81.8 cm³/mol. The molecule has 0 N–H and O–H groups in total. The minimum absolute atomic E-state index is 0.0479. The van der Waals surface area contributed by atoms with E-state index in [0.717, 1.165) is 11.3 Å². The fraction of sp³-hybridized carbons (Fsp3) is 0.214. The molecule has 1 aromatic carbocycles. The van der Waals surface area contributed by atoms with Crippen molar-refractivity contribution in [2.45, 2.75) is 13.2 Å². The number of fused-ring (bicyclic) bond motifs is 1. The molecular formula is C14H10ClNO6S. The molecular weight excluding hydrogens is 346 g/mol. The maximum absolute atomic E-state index is 11.9. The number of carbonyl (C=O) groups excluding carboxylic acids is 1. The molecule has 0 radical (unpaired) electrons. The summed E-state index contributed by atoms with van der Waals surface area (Å²) in [4.78, 5) is 22.8. The molecule has 0 bridgehead atoms. The topological polar surface area (TPSA) is 87.9 Å². The van der Waals surface area contributed by atoms with Gasteiger partial charge < -0.3 is 14.2 Å². The first-order valence-electron chi connectivity index (χ1n) is 6.48. The van der Waals surface area contributed by atoms with Crippen molar-refractivity contribution in [3.05, 3.63) is 54.7 Å². The Hall–Kier alpha value is -2.16. The molecule has 0 fully saturated rings. The number of benzene rings is 1. The van der Waals surface area contributed by atoms with Gasteiger partial charge in [-0.25, -0.2) is 4.79 Å². The molecule has 0 spiro atoms. The van der Waals surface area contributed by atoms with Crippen LogP contribution in [0.5, 0.6) is 5.75 Å². The second-order valence-electron chi connectivity index (χ2n) is 4.64. The number of rotatable bonds is 4. The fourth-order valence-electron chi connectivity index (χ4n) is 2.13. The van der Waals surface area contributed by atoms with Gasteiger partial charge in [-0.15, -0.1) is 11.3 Å². The number of thiophene rings is 1. The van der Waals surface area contributed by atoms with Crippen LogP contribution in [0.1, 0.15) is 20.8 Å². The summed E-state index contributed by atoms with van der Waals surface area (Å²) in [7, 11) is 0. The molecule has 0 unspecified atom stereocenters. The van der Waals surface area contributed by atoms with E-state index < -0.39 is 10.9 Å². The Bertz CT molecular complexity index is 775. The molecule has 1 aliphatic rings. The molecule has 2 aromatic rings. The van der Waals surface area contributed by atoms with Gasteiger partial charge in [-0.3, -0.25) is 10.1 Å². The number of esters is 1. The summed E-state index contributed by atoms with van der Waals surface area (Å²) in [5.74, 6) is -0.0897. The number of nitro benzene ring substituents is 1. The molecule has 2 heterocycles. The van der Waals surface area contributed by atoms with Crippen LogP contribution in [0.2, 0.25) is 4.34 Å². The predicted octanol–water partition coefficient (Wildman–Crippen LogP) is 3.53. The van der Waals surface area contributed by atoms with E-state index in [1.807, 2.05) is 0 Å². The minimum atomic E-state index is -0.547. The molecule has 1 aliphatic heterocycles. The quantitative estimate of drug-likeness (QED) is 0.473. The molecule has 23 heavy (non-hydrogen) atoms. The molecule has 0 aliphatic carbocycles. The van der Waals surface area contributed by atoms with Gasteiger partial charge in [0.05, 0.1) is 15.9 Å². The highest BCUT2D eigenvalue weighted by Crippen LogP contribution is 2.33. The van der Waals surface area contributed by atoms with Crippen LogP contribution in [0, 0.1) is 10.1 Å². The van der Waals surface area contributed by atoms with Crippen LogP contribution in [-0.4, -0.2) is 17.7 Å². The smallest absolute Gasteiger partial charge is 0.348 e. The number of ether oxygens (including phenoxy) is 3. The van der Waals surface area contributed by atoms with Gasteiger partial charge in [-0.05, 0) is 12.1 Å². The number of hydrogen-bond acceptors (Lipinski definition) is 7. The first-order valence-corrected chi connectivity index (χ1v) is 7.67. The minimum Gasteiger partial charge on any atom is -0.467 e. The Morgan fingerprint density at radius 2 is 2.26 bits per heavy atom. The average Bonchev–Trinajstić information content (AvgIpc) is 2.98. The highest BCUT2D eigenvalue weighted by molar-refractivity contribution is 7.17. The van der Waals surface area contributed by atoms with Gasteiger partial charge in [0.1, 0.15) is 17.2 Å². The summed E-state index contributed by atoms with van der Waals surface area (Å²) in [6, 6.07) is 5.87. The van der Waals surface area contributed by atoms with Gasteiger partial charge >= 0.3 is 5.97 Å². The molecule has 0 amide bonds. The van der Waals surface area contributed by atoms with Crippen LogP contribution in [-0.2, 0) is 22.7 Å². The van der Waals surface area contributed by atoms with E-state index in [1.54, 1.807) is 12.1 Å². The van der Waals surface area contributed by atoms with Crippen molar-refractivity contribution < 1.29 is 23.9 Å². The first kappa shape index (κ1) is 15.7. The van der Waals surface area contributed by atoms with E-state index in [9.17, 15) is 14.9 Å². The van der Waals surface area contributed by atoms with Crippen LogP contribution >= 0.6 is 22.9 Å². The zero-order valence-electron chi connectivity index (χ0n) is 11.6. The van der Waals surface area contributed by atoms with Crippen molar-refractivity contribution in [3.8, 4) is 5.75 Å². The Morgan fingerprint density at radius 3 is 2.96 bits per heavy atom. The van der Waals surface area contributed by atoms with E-state index in [1.165, 1.54) is 12.1 Å². The highest BCUT2D eigenvalue weighted by atomic mass is 35.5. The standard InChI is InChI=1S/C14H10ClNO6S/c15-12-2-1-11(23-12)14(17)21-6-9-4-10(16(18)19)3-8-5-20-7-22-13(8)9/h1-4H,5-7H2. The largest absolute Gasteiger partial charge is 0.467 e. The molecule has 1 aromatic heterocycles. The van der Waals surface area contributed by atoms with Gasteiger partial charge in [-0.1, -0.05) is 11.6 Å². The van der Waals surface area contributed by atoms with Crippen molar-refractivity contribution in [3.63, 3.8) is 0 Å². The van der Waals surface area contributed by atoms with E-state index in [2.05, 4.69) is 0 Å². The summed E-state index contributed by atoms with van der Waals surface area (Å²) in [6.45, 7) is 0.114. The van der Waals surface area contributed by atoms with Crippen LogP contribution in [0.25, 0.3) is 0 Å². The van der Waals surface area contributed by atoms with E-state index >= 15 is 0 Å². The van der Waals surface area contributed by atoms with Gasteiger partial charge in [0.25, 0.3) is 5.69 Å². The Labute approximate surface area is 139 Å². The molecule has 0 atom stereocenters. The number of non-ortho nitro benzene ring substituents is 1. The maximum Gasteiger partial charge on any atom is 0.348 e. The van der Waals surface area contributed by atoms with Gasteiger partial charge in [0, 0.05) is 23.3 Å². The van der Waals surface area contributed by atoms with Gasteiger partial charge in [0.15, 0.2) is 6.79 Å². The third-order valence-corrected chi connectivity index (χ3v) is 4.33. The van der Waals surface area contributed by atoms with Crippen molar-refractivity contribution in [1.29, 1.82) is 0 Å². The number of nitro groups is 1. The molecule has 9 heteroatoms. The summed E-state index contributed by atoms with van der Waals surface area (Å²) in [5, 5.41) is 11.0. The third kappa shape index (κ3) is 3.44. The Morgan fingerprint density at radius 1 is 1.43 bits per heavy atom. The lowest BCUT2D eigenvalue weighted by molar-refractivity contribution is -0.385. The number of nitrogens with zero attached hydrogens (tertiary/aromatic N) is 1. The summed E-state index contributed by atoms with van der Waals surface area (Å²) < 4.78 is 16.2. The Kier molecular flexibility index (Phi) is 4.46. The van der Waals surface area contributed by atoms with Gasteiger partial charge in [0.2, 0.25) is 0 Å². The molecule has 0 saturated heterocycles. The first-order chi connectivity index (χ1) is 11.0. The van der Waals surface area contributed by atoms with Crippen LogP contribution in [0.4, 0.5) is 5.69 Å².